The third-order valence-electron chi connectivity index (χ3n) is 4.50. The molecule has 2 aromatic carbocycles. The van der Waals surface area contributed by atoms with Gasteiger partial charge in [0, 0.05) is 12.3 Å². The van der Waals surface area contributed by atoms with Gasteiger partial charge in [-0.1, -0.05) is 48.5 Å². The van der Waals surface area contributed by atoms with Crippen molar-refractivity contribution < 1.29 is 28.2 Å². The molecule has 0 heterocycles. The highest BCUT2D eigenvalue weighted by Crippen LogP contribution is 2.44. The lowest BCUT2D eigenvalue weighted by molar-refractivity contribution is -0.141. The second-order valence-corrected chi connectivity index (χ2v) is 6.64. The van der Waals surface area contributed by atoms with Crippen molar-refractivity contribution in [2.75, 3.05) is 6.61 Å². The lowest BCUT2D eigenvalue weighted by atomic mass is 9.98. The summed E-state index contributed by atoms with van der Waals surface area (Å²) < 4.78 is 31.4. The van der Waals surface area contributed by atoms with E-state index >= 15 is 0 Å². The minimum Gasteiger partial charge on any atom is -0.480 e. The van der Waals surface area contributed by atoms with Crippen LogP contribution in [0.2, 0.25) is 0 Å². The largest absolute Gasteiger partial charge is 0.480 e. The summed E-state index contributed by atoms with van der Waals surface area (Å²) in [5.74, 6) is -4.95. The van der Waals surface area contributed by atoms with Gasteiger partial charge in [-0.05, 0) is 29.2 Å². The molecule has 1 aliphatic carbocycles. The average Bonchev–Trinajstić information content (AvgIpc) is 2.92. The lowest BCUT2D eigenvalue weighted by Crippen LogP contribution is -2.44. The fourth-order valence-electron chi connectivity index (χ4n) is 3.34. The van der Waals surface area contributed by atoms with Crippen LogP contribution < -0.4 is 5.32 Å². The Balaban J connectivity index is 1.69. The smallest absolute Gasteiger partial charge is 0.407 e. The van der Waals surface area contributed by atoms with Crippen LogP contribution in [0.3, 0.4) is 0 Å². The fraction of sp³-hybridized carbons (Fsp3) is 0.300. The van der Waals surface area contributed by atoms with Gasteiger partial charge in [-0.2, -0.15) is 0 Å². The Bertz CT molecular complexity index is 818. The van der Waals surface area contributed by atoms with Crippen molar-refractivity contribution in [1.29, 1.82) is 0 Å². The van der Waals surface area contributed by atoms with Crippen molar-refractivity contribution in [3.63, 3.8) is 0 Å². The molecule has 7 heteroatoms. The lowest BCUT2D eigenvalue weighted by Gasteiger charge is -2.19. The maximum Gasteiger partial charge on any atom is 0.407 e. The van der Waals surface area contributed by atoms with Gasteiger partial charge in [0.25, 0.3) is 0 Å². The predicted octanol–water partition coefficient (Wildman–Crippen LogP) is 4.02. The van der Waals surface area contributed by atoms with Gasteiger partial charge in [-0.3, -0.25) is 0 Å². The van der Waals surface area contributed by atoms with Crippen molar-refractivity contribution in [2.24, 2.45) is 0 Å². The van der Waals surface area contributed by atoms with Crippen molar-refractivity contribution in [1.82, 2.24) is 5.32 Å². The monoisotopic (exact) mass is 375 g/mol. The number of halogens is 2. The second kappa shape index (κ2) is 7.34. The van der Waals surface area contributed by atoms with E-state index in [-0.39, 0.29) is 12.5 Å². The van der Waals surface area contributed by atoms with Crippen LogP contribution in [-0.4, -0.2) is 35.7 Å². The topological polar surface area (TPSA) is 75.6 Å². The number of ether oxygens (including phenoxy) is 1. The number of hydrogen-bond donors (Lipinski definition) is 2. The van der Waals surface area contributed by atoms with E-state index in [1.54, 1.807) is 0 Å². The Morgan fingerprint density at radius 2 is 1.63 bits per heavy atom. The number of alkyl carbamates (subject to hydrolysis) is 1. The van der Waals surface area contributed by atoms with Crippen LogP contribution in [0, 0.1) is 0 Å². The molecular weight excluding hydrogens is 356 g/mol. The summed E-state index contributed by atoms with van der Waals surface area (Å²) >= 11 is 0. The predicted molar refractivity (Wildman–Crippen MR) is 94.9 cm³/mol. The van der Waals surface area contributed by atoms with E-state index in [2.05, 4.69) is 0 Å². The van der Waals surface area contributed by atoms with Crippen molar-refractivity contribution in [2.45, 2.75) is 31.2 Å². The molecule has 2 aromatic rings. The van der Waals surface area contributed by atoms with Gasteiger partial charge in [0.05, 0.1) is 0 Å². The second-order valence-electron chi connectivity index (χ2n) is 6.64. The van der Waals surface area contributed by atoms with Crippen LogP contribution in [0.4, 0.5) is 13.6 Å². The number of carbonyl (C=O) groups excluding carboxylic acids is 1. The number of nitrogens with one attached hydrogen (secondary N) is 1. The van der Waals surface area contributed by atoms with E-state index in [0.717, 1.165) is 22.3 Å². The first kappa shape index (κ1) is 18.8. The zero-order chi connectivity index (χ0) is 19.6. The van der Waals surface area contributed by atoms with Gasteiger partial charge in [0.1, 0.15) is 12.6 Å². The molecule has 2 N–H and O–H groups in total. The van der Waals surface area contributed by atoms with Gasteiger partial charge in [0.15, 0.2) is 0 Å². The molecule has 0 bridgehead atoms. The number of amides is 1. The van der Waals surface area contributed by atoms with E-state index in [1.165, 1.54) is 0 Å². The third-order valence-corrected chi connectivity index (χ3v) is 4.50. The third kappa shape index (κ3) is 4.24. The molecule has 0 saturated heterocycles. The summed E-state index contributed by atoms with van der Waals surface area (Å²) in [6, 6.07) is 13.8. The molecule has 27 heavy (non-hydrogen) atoms. The molecule has 5 nitrogen and oxygen atoms in total. The SMILES string of the molecule is CC(F)(F)C[C@H](NC(=O)OCC1c2ccccc2-c2ccccc21)C(=O)O. The average molecular weight is 375 g/mol. The molecule has 0 saturated carbocycles. The van der Waals surface area contributed by atoms with Gasteiger partial charge in [0.2, 0.25) is 5.92 Å². The summed E-state index contributed by atoms with van der Waals surface area (Å²) in [5, 5.41) is 11.0. The zero-order valence-corrected chi connectivity index (χ0v) is 14.6. The first-order chi connectivity index (χ1) is 12.8. The quantitative estimate of drug-likeness (QED) is 0.800. The molecular formula is C20H19F2NO4. The highest BCUT2D eigenvalue weighted by Gasteiger charge is 2.33. The van der Waals surface area contributed by atoms with E-state index in [0.29, 0.717) is 6.92 Å². The molecule has 3 rings (SSSR count). The van der Waals surface area contributed by atoms with Crippen LogP contribution in [0.1, 0.15) is 30.4 Å². The van der Waals surface area contributed by atoms with Crippen molar-refractivity contribution >= 4 is 12.1 Å². The summed E-state index contributed by atoms with van der Waals surface area (Å²) in [6.45, 7) is 0.580. The molecule has 0 aliphatic heterocycles. The van der Waals surface area contributed by atoms with Gasteiger partial charge in [-0.25, -0.2) is 18.4 Å². The van der Waals surface area contributed by atoms with Crippen LogP contribution >= 0.6 is 0 Å². The Labute approximate surface area is 155 Å². The first-order valence-electron chi connectivity index (χ1n) is 8.48. The highest BCUT2D eigenvalue weighted by molar-refractivity contribution is 5.81. The minimum absolute atomic E-state index is 0.0191. The number of carbonyl (C=O) groups is 2. The number of fused-ring (bicyclic) bond motifs is 3. The summed E-state index contributed by atoms with van der Waals surface area (Å²) in [5.41, 5.74) is 4.11. The van der Waals surface area contributed by atoms with E-state index in [1.807, 2.05) is 53.8 Å². The van der Waals surface area contributed by atoms with Gasteiger partial charge < -0.3 is 15.2 Å². The molecule has 142 valence electrons. The number of benzene rings is 2. The number of aliphatic carboxylic acids is 1. The Kier molecular flexibility index (Phi) is 5.12. The van der Waals surface area contributed by atoms with E-state index in [4.69, 9.17) is 9.84 Å². The summed E-state index contributed by atoms with van der Waals surface area (Å²) in [4.78, 5) is 23.1. The molecule has 1 amide bonds. The number of carboxylic acids is 1. The normalized spacial score (nSPS) is 14.2. The summed E-state index contributed by atoms with van der Waals surface area (Å²) in [6.07, 6.45) is -2.04. The molecule has 0 unspecified atom stereocenters. The molecule has 0 aromatic heterocycles. The Hall–Kier alpha value is -2.96. The van der Waals surface area contributed by atoms with Crippen LogP contribution in [0.15, 0.2) is 48.5 Å². The highest BCUT2D eigenvalue weighted by atomic mass is 19.3. The van der Waals surface area contributed by atoms with Gasteiger partial charge >= 0.3 is 12.1 Å². The Morgan fingerprint density at radius 3 is 2.11 bits per heavy atom. The minimum atomic E-state index is -3.22. The fourth-order valence-corrected chi connectivity index (χ4v) is 3.34. The Morgan fingerprint density at radius 1 is 1.11 bits per heavy atom. The molecule has 0 fully saturated rings. The van der Waals surface area contributed by atoms with E-state index in [9.17, 15) is 18.4 Å². The zero-order valence-electron chi connectivity index (χ0n) is 14.6. The standard InChI is InChI=1S/C20H19F2NO4/c1-20(21,22)10-17(18(24)25)23-19(26)27-11-16-14-8-4-2-6-12(14)13-7-3-5-9-15(13)16/h2-9,16-17H,10-11H2,1H3,(H,23,26)(H,24,25)/t17-/m0/s1. The molecule has 1 aliphatic rings. The van der Waals surface area contributed by atoms with E-state index < -0.39 is 30.4 Å². The molecule has 1 atom stereocenters. The molecule has 0 radical (unpaired) electrons. The van der Waals surface area contributed by atoms with Gasteiger partial charge in [-0.15, -0.1) is 0 Å². The number of carboxylic acid groups (broad SMARTS) is 1. The number of rotatable bonds is 6. The van der Waals surface area contributed by atoms with Crippen LogP contribution in [0.5, 0.6) is 0 Å². The maximum atomic E-state index is 13.1. The number of hydrogen-bond acceptors (Lipinski definition) is 3. The first-order valence-corrected chi connectivity index (χ1v) is 8.48. The van der Waals surface area contributed by atoms with Crippen LogP contribution in [-0.2, 0) is 9.53 Å². The van der Waals surface area contributed by atoms with Crippen molar-refractivity contribution in [3.8, 4) is 11.1 Å². The number of alkyl halides is 2. The summed E-state index contributed by atoms with van der Waals surface area (Å²) in [7, 11) is 0. The molecule has 0 spiro atoms. The van der Waals surface area contributed by atoms with Crippen molar-refractivity contribution in [3.05, 3.63) is 59.7 Å². The maximum absolute atomic E-state index is 13.1. The van der Waals surface area contributed by atoms with Crippen LogP contribution in [0.25, 0.3) is 11.1 Å².